The summed E-state index contributed by atoms with van der Waals surface area (Å²) in [6.45, 7) is 13.9. The summed E-state index contributed by atoms with van der Waals surface area (Å²) in [5.74, 6) is 0. The van der Waals surface area contributed by atoms with Crippen LogP contribution in [0.15, 0.2) is 12.3 Å². The molecule has 0 fully saturated rings. The van der Waals surface area contributed by atoms with Gasteiger partial charge in [0.25, 0.3) is 0 Å². The van der Waals surface area contributed by atoms with E-state index in [0.717, 1.165) is 6.42 Å². The molecule has 0 aromatic carbocycles. The van der Waals surface area contributed by atoms with E-state index in [2.05, 4.69) is 58.8 Å². The first-order valence-electron chi connectivity index (χ1n) is 7.32. The van der Waals surface area contributed by atoms with Crippen LogP contribution in [0.3, 0.4) is 0 Å². The maximum absolute atomic E-state index is 3.43. The van der Waals surface area contributed by atoms with Crippen molar-refractivity contribution in [3.8, 4) is 0 Å². The maximum atomic E-state index is 3.43. The molecule has 0 aliphatic rings. The third-order valence-corrected chi connectivity index (χ3v) is 3.16. The highest BCUT2D eigenvalue weighted by molar-refractivity contribution is 5.18. The summed E-state index contributed by atoms with van der Waals surface area (Å²) in [5, 5.41) is 0. The second-order valence-electron chi connectivity index (χ2n) is 8.04. The van der Waals surface area contributed by atoms with Gasteiger partial charge in [-0.3, -0.25) is 0 Å². The third kappa shape index (κ3) is 6.88. The van der Waals surface area contributed by atoms with E-state index in [1.165, 1.54) is 36.9 Å². The van der Waals surface area contributed by atoms with Gasteiger partial charge in [0.15, 0.2) is 0 Å². The number of H-pyrrole nitrogens is 1. The molecule has 1 N–H and O–H groups in total. The molecule has 0 spiro atoms. The number of hydrogen-bond donors (Lipinski definition) is 1. The van der Waals surface area contributed by atoms with Crippen LogP contribution in [0.25, 0.3) is 0 Å². The quantitative estimate of drug-likeness (QED) is 0.676. The summed E-state index contributed by atoms with van der Waals surface area (Å²) in [7, 11) is 0. The molecule has 104 valence electrons. The van der Waals surface area contributed by atoms with Crippen molar-refractivity contribution in [2.75, 3.05) is 0 Å². The molecular formula is C17H31N. The molecule has 0 aliphatic carbocycles. The van der Waals surface area contributed by atoms with E-state index in [-0.39, 0.29) is 0 Å². The van der Waals surface area contributed by atoms with E-state index in [4.69, 9.17) is 0 Å². The number of unbranched alkanes of at least 4 members (excludes halogenated alkanes) is 1. The van der Waals surface area contributed by atoms with Gasteiger partial charge in [0.1, 0.15) is 0 Å². The van der Waals surface area contributed by atoms with Crippen molar-refractivity contribution in [2.24, 2.45) is 10.8 Å². The molecule has 0 unspecified atom stereocenters. The zero-order valence-corrected chi connectivity index (χ0v) is 13.2. The average Bonchev–Trinajstić information content (AvgIpc) is 2.56. The second kappa shape index (κ2) is 5.95. The van der Waals surface area contributed by atoms with Crippen LogP contribution in [-0.2, 0) is 12.8 Å². The molecule has 0 aliphatic heterocycles. The summed E-state index contributed by atoms with van der Waals surface area (Å²) in [6.07, 6.45) is 8.49. The second-order valence-corrected chi connectivity index (χ2v) is 8.04. The summed E-state index contributed by atoms with van der Waals surface area (Å²) in [6, 6.07) is 2.35. The highest BCUT2D eigenvalue weighted by Gasteiger charge is 2.12. The van der Waals surface area contributed by atoms with Crippen molar-refractivity contribution in [3.63, 3.8) is 0 Å². The number of aromatic nitrogens is 1. The third-order valence-electron chi connectivity index (χ3n) is 3.16. The minimum Gasteiger partial charge on any atom is -0.365 e. The predicted molar refractivity (Wildman–Crippen MR) is 81.0 cm³/mol. The number of aryl methyl sites for hydroxylation is 1. The molecular weight excluding hydrogens is 218 g/mol. The Hall–Kier alpha value is -0.720. The first-order valence-corrected chi connectivity index (χ1v) is 7.32. The Labute approximate surface area is 113 Å². The van der Waals surface area contributed by atoms with Gasteiger partial charge >= 0.3 is 0 Å². The van der Waals surface area contributed by atoms with Crippen LogP contribution in [0.4, 0.5) is 0 Å². The standard InChI is InChI=1S/C17H31N/c1-16(2,3)10-8-7-9-15-11-14(13-18-15)12-17(4,5)6/h11,13,18H,7-10,12H2,1-6H3. The number of aromatic amines is 1. The van der Waals surface area contributed by atoms with E-state index < -0.39 is 0 Å². The number of nitrogens with one attached hydrogen (secondary N) is 1. The van der Waals surface area contributed by atoms with Crippen molar-refractivity contribution in [3.05, 3.63) is 23.5 Å². The van der Waals surface area contributed by atoms with E-state index in [0.29, 0.717) is 10.8 Å². The Bertz CT molecular complexity index is 346. The minimum absolute atomic E-state index is 0.381. The van der Waals surface area contributed by atoms with Gasteiger partial charge in [0.2, 0.25) is 0 Å². The fraction of sp³-hybridized carbons (Fsp3) is 0.765. The monoisotopic (exact) mass is 249 g/mol. The van der Waals surface area contributed by atoms with Crippen molar-refractivity contribution < 1.29 is 0 Å². The molecule has 1 heteroatoms. The van der Waals surface area contributed by atoms with Gasteiger partial charge in [-0.05, 0) is 48.1 Å². The molecule has 18 heavy (non-hydrogen) atoms. The Morgan fingerprint density at radius 2 is 1.61 bits per heavy atom. The SMILES string of the molecule is CC(C)(C)CCCCc1cc(CC(C)(C)C)c[nH]1. The molecule has 1 rings (SSSR count). The zero-order chi connectivity index (χ0) is 13.8. The first-order chi connectivity index (χ1) is 8.16. The van der Waals surface area contributed by atoms with E-state index in [1.807, 2.05) is 0 Å². The smallest absolute Gasteiger partial charge is 0.0149 e. The number of rotatable bonds is 5. The van der Waals surface area contributed by atoms with Gasteiger partial charge in [-0.1, -0.05) is 48.0 Å². The summed E-state index contributed by atoms with van der Waals surface area (Å²) in [5.41, 5.74) is 3.72. The molecule has 0 atom stereocenters. The molecule has 1 aromatic heterocycles. The largest absolute Gasteiger partial charge is 0.365 e. The van der Waals surface area contributed by atoms with E-state index in [9.17, 15) is 0 Å². The van der Waals surface area contributed by atoms with Crippen LogP contribution in [0, 0.1) is 10.8 Å². The molecule has 1 aromatic rings. The lowest BCUT2D eigenvalue weighted by molar-refractivity contribution is 0.360. The van der Waals surface area contributed by atoms with E-state index >= 15 is 0 Å². The first kappa shape index (κ1) is 15.3. The van der Waals surface area contributed by atoms with Crippen LogP contribution in [0.2, 0.25) is 0 Å². The Morgan fingerprint density at radius 1 is 0.944 bits per heavy atom. The minimum atomic E-state index is 0.381. The normalized spacial score (nSPS) is 13.0. The summed E-state index contributed by atoms with van der Waals surface area (Å²) >= 11 is 0. The van der Waals surface area contributed by atoms with Gasteiger partial charge in [0.05, 0.1) is 0 Å². The van der Waals surface area contributed by atoms with Crippen LogP contribution in [0.5, 0.6) is 0 Å². The molecule has 1 nitrogen and oxygen atoms in total. The van der Waals surface area contributed by atoms with Crippen molar-refractivity contribution in [1.82, 2.24) is 4.98 Å². The van der Waals surface area contributed by atoms with E-state index in [1.54, 1.807) is 0 Å². The van der Waals surface area contributed by atoms with Crippen molar-refractivity contribution in [2.45, 2.75) is 73.6 Å². The fourth-order valence-corrected chi connectivity index (χ4v) is 2.32. The number of hydrogen-bond acceptors (Lipinski definition) is 0. The molecule has 0 saturated carbocycles. The molecule has 1 heterocycles. The van der Waals surface area contributed by atoms with Crippen LogP contribution < -0.4 is 0 Å². The van der Waals surface area contributed by atoms with Crippen LogP contribution in [0.1, 0.15) is 72.1 Å². The highest BCUT2D eigenvalue weighted by atomic mass is 14.7. The van der Waals surface area contributed by atoms with Gasteiger partial charge in [-0.2, -0.15) is 0 Å². The fourth-order valence-electron chi connectivity index (χ4n) is 2.32. The average molecular weight is 249 g/mol. The van der Waals surface area contributed by atoms with Gasteiger partial charge in [-0.15, -0.1) is 0 Å². The van der Waals surface area contributed by atoms with Crippen molar-refractivity contribution >= 4 is 0 Å². The van der Waals surface area contributed by atoms with Crippen LogP contribution >= 0.6 is 0 Å². The summed E-state index contributed by atoms with van der Waals surface area (Å²) < 4.78 is 0. The molecule has 0 radical (unpaired) electrons. The lowest BCUT2D eigenvalue weighted by Gasteiger charge is -2.17. The maximum Gasteiger partial charge on any atom is 0.0149 e. The lowest BCUT2D eigenvalue weighted by Crippen LogP contribution is -2.08. The Balaban J connectivity index is 2.32. The van der Waals surface area contributed by atoms with Gasteiger partial charge in [-0.25, -0.2) is 0 Å². The lowest BCUT2D eigenvalue weighted by atomic mass is 9.88. The Morgan fingerprint density at radius 3 is 2.17 bits per heavy atom. The van der Waals surface area contributed by atoms with Crippen molar-refractivity contribution in [1.29, 1.82) is 0 Å². The summed E-state index contributed by atoms with van der Waals surface area (Å²) in [4.78, 5) is 3.43. The molecule has 0 bridgehead atoms. The zero-order valence-electron chi connectivity index (χ0n) is 13.2. The van der Waals surface area contributed by atoms with Crippen LogP contribution in [-0.4, -0.2) is 4.98 Å². The van der Waals surface area contributed by atoms with Gasteiger partial charge < -0.3 is 4.98 Å². The molecule has 0 saturated heterocycles. The predicted octanol–water partition coefficient (Wildman–Crippen LogP) is 5.36. The Kier molecular flexibility index (Phi) is 5.07. The van der Waals surface area contributed by atoms with Gasteiger partial charge in [0, 0.05) is 11.9 Å². The topological polar surface area (TPSA) is 15.8 Å². The highest BCUT2D eigenvalue weighted by Crippen LogP contribution is 2.23. The molecule has 0 amide bonds.